The van der Waals surface area contributed by atoms with E-state index in [1.54, 1.807) is 0 Å². The summed E-state index contributed by atoms with van der Waals surface area (Å²) >= 11 is 0. The average molecular weight is 283 g/mol. The van der Waals surface area contributed by atoms with Gasteiger partial charge in [-0.1, -0.05) is 13.8 Å². The molecular formula is C13H25N5O2. The van der Waals surface area contributed by atoms with Crippen LogP contribution in [0.5, 0.6) is 0 Å². The summed E-state index contributed by atoms with van der Waals surface area (Å²) in [6, 6.07) is 0. The molecule has 1 aromatic rings. The van der Waals surface area contributed by atoms with E-state index >= 15 is 0 Å². The summed E-state index contributed by atoms with van der Waals surface area (Å²) in [5.74, 6) is 0.472. The van der Waals surface area contributed by atoms with E-state index in [9.17, 15) is 9.59 Å². The minimum Gasteiger partial charge on any atom is -0.383 e. The highest BCUT2D eigenvalue weighted by molar-refractivity contribution is 5.60. The Morgan fingerprint density at radius 3 is 2.55 bits per heavy atom. The van der Waals surface area contributed by atoms with Gasteiger partial charge >= 0.3 is 5.69 Å². The Bertz CT molecular complexity index is 545. The fraction of sp³-hybridized carbons (Fsp3) is 0.692. The van der Waals surface area contributed by atoms with Crippen molar-refractivity contribution in [3.63, 3.8) is 0 Å². The van der Waals surface area contributed by atoms with Gasteiger partial charge in [0, 0.05) is 13.1 Å². The van der Waals surface area contributed by atoms with Crippen molar-refractivity contribution < 1.29 is 0 Å². The molecule has 7 heteroatoms. The van der Waals surface area contributed by atoms with E-state index in [1.165, 1.54) is 4.57 Å². The molecule has 4 N–H and O–H groups in total. The van der Waals surface area contributed by atoms with Gasteiger partial charge in [-0.05, 0) is 33.0 Å². The summed E-state index contributed by atoms with van der Waals surface area (Å²) in [5, 5.41) is 3.02. The van der Waals surface area contributed by atoms with Crippen LogP contribution in [0.25, 0.3) is 0 Å². The van der Waals surface area contributed by atoms with Crippen molar-refractivity contribution in [2.45, 2.75) is 26.8 Å². The van der Waals surface area contributed by atoms with Gasteiger partial charge in [-0.25, -0.2) is 4.79 Å². The van der Waals surface area contributed by atoms with E-state index < -0.39 is 11.2 Å². The first-order valence-corrected chi connectivity index (χ1v) is 6.84. The monoisotopic (exact) mass is 283 g/mol. The van der Waals surface area contributed by atoms with Crippen molar-refractivity contribution >= 4 is 11.5 Å². The third kappa shape index (κ3) is 4.41. The number of anilines is 2. The highest BCUT2D eigenvalue weighted by Crippen LogP contribution is 2.11. The molecule has 0 aliphatic rings. The number of nitrogens with zero attached hydrogens (tertiary/aromatic N) is 2. The molecule has 0 aliphatic carbocycles. The zero-order valence-electron chi connectivity index (χ0n) is 12.7. The molecule has 0 radical (unpaired) electrons. The average Bonchev–Trinajstić information content (AvgIpc) is 2.32. The van der Waals surface area contributed by atoms with Crippen molar-refractivity contribution in [3.8, 4) is 0 Å². The van der Waals surface area contributed by atoms with Crippen molar-refractivity contribution in [3.05, 3.63) is 20.8 Å². The summed E-state index contributed by atoms with van der Waals surface area (Å²) in [7, 11) is 3.98. The smallest absolute Gasteiger partial charge is 0.330 e. The van der Waals surface area contributed by atoms with E-state index in [0.717, 1.165) is 13.0 Å². The van der Waals surface area contributed by atoms with E-state index in [0.29, 0.717) is 13.1 Å². The first kappa shape index (κ1) is 16.3. The Kier molecular flexibility index (Phi) is 5.82. The minimum atomic E-state index is -0.461. The molecule has 0 amide bonds. The highest BCUT2D eigenvalue weighted by Gasteiger charge is 2.12. The van der Waals surface area contributed by atoms with E-state index in [-0.39, 0.29) is 17.4 Å². The van der Waals surface area contributed by atoms with Crippen LogP contribution >= 0.6 is 0 Å². The second-order valence-corrected chi connectivity index (χ2v) is 5.61. The Morgan fingerprint density at radius 1 is 1.35 bits per heavy atom. The van der Waals surface area contributed by atoms with Gasteiger partial charge in [-0.15, -0.1) is 0 Å². The zero-order chi connectivity index (χ0) is 15.3. The maximum absolute atomic E-state index is 11.8. The van der Waals surface area contributed by atoms with Crippen LogP contribution in [0.2, 0.25) is 0 Å². The van der Waals surface area contributed by atoms with Gasteiger partial charge in [0.15, 0.2) is 0 Å². The van der Waals surface area contributed by atoms with Gasteiger partial charge in [-0.2, -0.15) is 0 Å². The molecule has 0 saturated carbocycles. The van der Waals surface area contributed by atoms with Crippen molar-refractivity contribution in [2.75, 3.05) is 38.2 Å². The van der Waals surface area contributed by atoms with E-state index in [1.807, 2.05) is 27.9 Å². The summed E-state index contributed by atoms with van der Waals surface area (Å²) < 4.78 is 1.40. The van der Waals surface area contributed by atoms with E-state index in [4.69, 9.17) is 5.73 Å². The molecule has 0 aliphatic heterocycles. The highest BCUT2D eigenvalue weighted by atomic mass is 16.2. The van der Waals surface area contributed by atoms with Gasteiger partial charge in [0.25, 0.3) is 5.56 Å². The molecule has 20 heavy (non-hydrogen) atoms. The fourth-order valence-corrected chi connectivity index (χ4v) is 1.91. The molecule has 0 aromatic carbocycles. The minimum absolute atomic E-state index is 0.206. The van der Waals surface area contributed by atoms with Crippen LogP contribution < -0.4 is 22.3 Å². The van der Waals surface area contributed by atoms with Crippen molar-refractivity contribution in [2.24, 2.45) is 5.92 Å². The SMILES string of the molecule is CC(C)Cn1c(N)c(NCCCN(C)C)c(=O)[nH]c1=O. The maximum Gasteiger partial charge on any atom is 0.330 e. The van der Waals surface area contributed by atoms with E-state index in [2.05, 4.69) is 15.2 Å². The lowest BCUT2D eigenvalue weighted by atomic mass is 10.2. The molecule has 1 aromatic heterocycles. The largest absolute Gasteiger partial charge is 0.383 e. The quantitative estimate of drug-likeness (QED) is 0.619. The summed E-state index contributed by atoms with van der Waals surface area (Å²) in [5.41, 5.74) is 5.31. The number of nitrogens with two attached hydrogens (primary N) is 1. The number of H-pyrrole nitrogens is 1. The molecule has 1 rings (SSSR count). The second-order valence-electron chi connectivity index (χ2n) is 5.61. The second kappa shape index (κ2) is 7.14. The lowest BCUT2D eigenvalue weighted by Crippen LogP contribution is -2.35. The lowest BCUT2D eigenvalue weighted by Gasteiger charge is -2.16. The fourth-order valence-electron chi connectivity index (χ4n) is 1.91. The number of nitrogens with one attached hydrogen (secondary N) is 2. The predicted octanol–water partition coefficient (Wildman–Crippen LogP) is 0.138. The Balaban J connectivity index is 2.90. The van der Waals surface area contributed by atoms with Crippen LogP contribution in [0.15, 0.2) is 9.59 Å². The molecule has 0 unspecified atom stereocenters. The molecule has 1 heterocycles. The topological polar surface area (TPSA) is 96.2 Å². The third-order valence-electron chi connectivity index (χ3n) is 2.87. The molecule has 114 valence electrons. The van der Waals surface area contributed by atoms with Gasteiger partial charge < -0.3 is 16.0 Å². The molecule has 0 fully saturated rings. The first-order chi connectivity index (χ1) is 9.32. The standard InChI is InChI=1S/C13H25N5O2/c1-9(2)8-18-11(14)10(12(19)16-13(18)20)15-6-5-7-17(3)4/h9,15H,5-8,14H2,1-4H3,(H,16,19,20). The molecule has 0 bridgehead atoms. The van der Waals surface area contributed by atoms with Gasteiger partial charge in [0.1, 0.15) is 11.5 Å². The number of nitrogen functional groups attached to an aromatic ring is 1. The number of rotatable bonds is 7. The Morgan fingerprint density at radius 2 is 2.00 bits per heavy atom. The Labute approximate surface area is 118 Å². The molecule has 0 saturated heterocycles. The number of aromatic amines is 1. The maximum atomic E-state index is 11.8. The van der Waals surface area contributed by atoms with Crippen LogP contribution in [0, 0.1) is 5.92 Å². The van der Waals surface area contributed by atoms with Crippen LogP contribution in [0.3, 0.4) is 0 Å². The zero-order valence-corrected chi connectivity index (χ0v) is 12.7. The Hall–Kier alpha value is -1.76. The third-order valence-corrected chi connectivity index (χ3v) is 2.87. The van der Waals surface area contributed by atoms with Crippen LogP contribution in [-0.2, 0) is 6.54 Å². The van der Waals surface area contributed by atoms with Gasteiger partial charge in [-0.3, -0.25) is 14.3 Å². The molecule has 0 spiro atoms. The summed E-state index contributed by atoms with van der Waals surface area (Å²) in [6.07, 6.45) is 0.884. The first-order valence-electron chi connectivity index (χ1n) is 6.84. The van der Waals surface area contributed by atoms with Crippen molar-refractivity contribution in [1.82, 2.24) is 14.5 Å². The van der Waals surface area contributed by atoms with Gasteiger partial charge in [0.05, 0.1) is 0 Å². The van der Waals surface area contributed by atoms with Crippen molar-refractivity contribution in [1.29, 1.82) is 0 Å². The normalized spacial score (nSPS) is 11.3. The van der Waals surface area contributed by atoms with Gasteiger partial charge in [0.2, 0.25) is 0 Å². The lowest BCUT2D eigenvalue weighted by molar-refractivity contribution is 0.405. The van der Waals surface area contributed by atoms with Crippen LogP contribution in [-0.4, -0.2) is 41.6 Å². The summed E-state index contributed by atoms with van der Waals surface area (Å²) in [6.45, 7) is 6.00. The number of aromatic nitrogens is 2. The number of hydrogen-bond acceptors (Lipinski definition) is 5. The molecule has 0 atom stereocenters. The van der Waals surface area contributed by atoms with Crippen LogP contribution in [0.4, 0.5) is 11.5 Å². The predicted molar refractivity (Wildman–Crippen MR) is 82.2 cm³/mol. The number of hydrogen-bond donors (Lipinski definition) is 3. The van der Waals surface area contributed by atoms with Crippen LogP contribution in [0.1, 0.15) is 20.3 Å². The molecule has 7 nitrogen and oxygen atoms in total. The summed E-state index contributed by atoms with van der Waals surface area (Å²) in [4.78, 5) is 27.9. The molecular weight excluding hydrogens is 258 g/mol.